The van der Waals surface area contributed by atoms with Gasteiger partial charge in [-0.15, -0.1) is 0 Å². The smallest absolute Gasteiger partial charge is 0.407 e. The number of carbonyl (C=O) groups is 3. The number of hydrogen-bond donors (Lipinski definition) is 3. The van der Waals surface area contributed by atoms with Gasteiger partial charge in [0, 0.05) is 19.0 Å². The first kappa shape index (κ1) is 30.6. The largest absolute Gasteiger partial charge is 0.453 e. The molecular weight excluding hydrogens is 530 g/mol. The van der Waals surface area contributed by atoms with Crippen LogP contribution < -0.4 is 16.4 Å². The van der Waals surface area contributed by atoms with Crippen LogP contribution in [0.3, 0.4) is 0 Å². The number of guanidine groups is 1. The van der Waals surface area contributed by atoms with Crippen molar-refractivity contribution in [1.82, 2.24) is 15.5 Å². The third-order valence-electron chi connectivity index (χ3n) is 7.59. The number of methoxy groups -OCH3 is 1. The van der Waals surface area contributed by atoms with Crippen molar-refractivity contribution in [2.45, 2.75) is 64.1 Å². The molecule has 1 aliphatic rings. The summed E-state index contributed by atoms with van der Waals surface area (Å²) in [4.78, 5) is 45.3. The zero-order chi connectivity index (χ0) is 30.3. The van der Waals surface area contributed by atoms with Crippen molar-refractivity contribution >= 4 is 34.6 Å². The van der Waals surface area contributed by atoms with Crippen LogP contribution in [0, 0.1) is 5.92 Å². The zero-order valence-electron chi connectivity index (χ0n) is 24.8. The maximum atomic E-state index is 13.7. The van der Waals surface area contributed by atoms with Gasteiger partial charge in [0.2, 0.25) is 5.91 Å². The molecular formula is C33H41N5O4. The highest BCUT2D eigenvalue weighted by Gasteiger charge is 2.49. The highest BCUT2D eigenvalue weighted by Crippen LogP contribution is 2.38. The zero-order valence-corrected chi connectivity index (χ0v) is 24.8. The number of nitrogens with one attached hydrogen (secondary N) is 2. The van der Waals surface area contributed by atoms with E-state index < -0.39 is 17.7 Å². The Morgan fingerprint density at radius 1 is 0.976 bits per heavy atom. The number of benzene rings is 3. The molecule has 3 amide bonds. The third-order valence-corrected chi connectivity index (χ3v) is 7.59. The van der Waals surface area contributed by atoms with Gasteiger partial charge in [-0.05, 0) is 54.0 Å². The minimum Gasteiger partial charge on any atom is -0.453 e. The van der Waals surface area contributed by atoms with Gasteiger partial charge in [0.1, 0.15) is 6.04 Å². The number of nitrogens with zero attached hydrogens (tertiary/aromatic N) is 2. The molecule has 0 saturated carbocycles. The maximum absolute atomic E-state index is 13.7. The van der Waals surface area contributed by atoms with E-state index in [1.165, 1.54) is 7.11 Å². The van der Waals surface area contributed by atoms with E-state index in [4.69, 9.17) is 15.5 Å². The Bertz CT molecular complexity index is 1440. The number of hydrogen-bond acceptors (Lipinski definition) is 6. The van der Waals surface area contributed by atoms with Crippen LogP contribution in [0.25, 0.3) is 10.8 Å². The van der Waals surface area contributed by atoms with E-state index >= 15 is 0 Å². The van der Waals surface area contributed by atoms with Gasteiger partial charge in [-0.3, -0.25) is 14.5 Å². The molecule has 0 aliphatic carbocycles. The summed E-state index contributed by atoms with van der Waals surface area (Å²) in [5.74, 6) is 0.0367. The van der Waals surface area contributed by atoms with Crippen LogP contribution >= 0.6 is 0 Å². The Balaban J connectivity index is 1.37. The Morgan fingerprint density at radius 2 is 1.67 bits per heavy atom. The van der Waals surface area contributed by atoms with Crippen molar-refractivity contribution in [1.29, 1.82) is 0 Å². The van der Waals surface area contributed by atoms with Gasteiger partial charge >= 0.3 is 6.09 Å². The van der Waals surface area contributed by atoms with E-state index in [1.54, 1.807) is 4.90 Å². The highest BCUT2D eigenvalue weighted by atomic mass is 16.5. The molecule has 0 aromatic heterocycles. The summed E-state index contributed by atoms with van der Waals surface area (Å²) in [6.45, 7) is 6.43. The van der Waals surface area contributed by atoms with E-state index in [-0.39, 0.29) is 29.7 Å². The van der Waals surface area contributed by atoms with Gasteiger partial charge in [-0.2, -0.15) is 0 Å². The first-order valence-corrected chi connectivity index (χ1v) is 14.5. The Morgan fingerprint density at radius 3 is 2.36 bits per heavy atom. The number of carbonyl (C=O) groups excluding carboxylic acids is 3. The molecule has 3 aromatic carbocycles. The molecule has 0 fully saturated rings. The summed E-state index contributed by atoms with van der Waals surface area (Å²) < 4.78 is 4.77. The topological polar surface area (TPSA) is 126 Å². The van der Waals surface area contributed by atoms with Crippen molar-refractivity contribution in [3.05, 3.63) is 83.9 Å². The van der Waals surface area contributed by atoms with Crippen LogP contribution in [-0.2, 0) is 26.3 Å². The maximum Gasteiger partial charge on any atom is 0.407 e. The monoisotopic (exact) mass is 571 g/mol. The molecule has 222 valence electrons. The van der Waals surface area contributed by atoms with Crippen molar-refractivity contribution in [2.24, 2.45) is 16.6 Å². The quantitative estimate of drug-likeness (QED) is 0.295. The van der Waals surface area contributed by atoms with E-state index in [2.05, 4.69) is 24.5 Å². The number of rotatable bonds is 12. The van der Waals surface area contributed by atoms with Crippen molar-refractivity contribution < 1.29 is 19.1 Å². The van der Waals surface area contributed by atoms with Crippen LogP contribution in [0.5, 0.6) is 0 Å². The lowest BCUT2D eigenvalue weighted by atomic mass is 9.82. The molecule has 0 saturated heterocycles. The van der Waals surface area contributed by atoms with Gasteiger partial charge in [0.05, 0.1) is 7.11 Å². The molecule has 0 radical (unpaired) electrons. The molecule has 0 unspecified atom stereocenters. The number of amides is 3. The summed E-state index contributed by atoms with van der Waals surface area (Å²) in [7, 11) is 1.27. The molecule has 3 atom stereocenters. The normalized spacial score (nSPS) is 18.1. The molecule has 9 nitrogen and oxygen atoms in total. The Labute approximate surface area is 247 Å². The predicted octanol–water partition coefficient (Wildman–Crippen LogP) is 4.49. The van der Waals surface area contributed by atoms with Crippen LogP contribution in [0.4, 0.5) is 4.79 Å². The van der Waals surface area contributed by atoms with Crippen molar-refractivity contribution in [3.8, 4) is 0 Å². The van der Waals surface area contributed by atoms with Crippen LogP contribution in [0.2, 0.25) is 0 Å². The molecule has 4 N–H and O–H groups in total. The SMILES string of the molecule is COC(=O)N[C@@H](Cc1ccc2ccccc2c1)C(=O)N[C@@H](C)CCCN1C(=O)[C@@](CC(C)C)(c2ccccc2)N=C1N. The fourth-order valence-electron chi connectivity index (χ4n) is 5.57. The van der Waals surface area contributed by atoms with Crippen molar-refractivity contribution in [3.63, 3.8) is 0 Å². The van der Waals surface area contributed by atoms with Gasteiger partial charge in [0.15, 0.2) is 11.5 Å². The molecule has 4 rings (SSSR count). The Hall–Kier alpha value is -4.40. The second kappa shape index (κ2) is 13.5. The number of fused-ring (bicyclic) bond motifs is 1. The first-order valence-electron chi connectivity index (χ1n) is 14.5. The number of alkyl carbamates (subject to hydrolysis) is 1. The first-order chi connectivity index (χ1) is 20.1. The molecule has 42 heavy (non-hydrogen) atoms. The standard InChI is InChI=1S/C33H41N5O4/c1-22(2)21-33(27-14-6-5-7-15-27)30(40)38(31(34)37-33)18-10-11-23(3)35-29(39)28(36-32(41)42-4)20-24-16-17-25-12-8-9-13-26(25)19-24/h5-9,12-17,19,22-23,28H,10-11,18,20-21H2,1-4H3,(H2,34,37)(H,35,39)(H,36,41)/t23-,28-,33+/m0/s1. The predicted molar refractivity (Wildman–Crippen MR) is 165 cm³/mol. The fraction of sp³-hybridized carbons (Fsp3) is 0.394. The van der Waals surface area contributed by atoms with E-state index in [0.717, 1.165) is 21.9 Å². The molecule has 9 heteroatoms. The third kappa shape index (κ3) is 7.08. The average Bonchev–Trinajstić information content (AvgIpc) is 3.21. The van der Waals surface area contributed by atoms with Crippen LogP contribution in [0.15, 0.2) is 77.8 Å². The fourth-order valence-corrected chi connectivity index (χ4v) is 5.57. The van der Waals surface area contributed by atoms with Crippen LogP contribution in [0.1, 0.15) is 51.2 Å². The van der Waals surface area contributed by atoms with Crippen molar-refractivity contribution in [2.75, 3.05) is 13.7 Å². The lowest BCUT2D eigenvalue weighted by Crippen LogP contribution is -2.50. The number of aliphatic imine (C=N–C) groups is 1. The molecule has 3 aromatic rings. The van der Waals surface area contributed by atoms with E-state index in [0.29, 0.717) is 32.2 Å². The summed E-state index contributed by atoms with van der Waals surface area (Å²) >= 11 is 0. The van der Waals surface area contributed by atoms with Crippen LogP contribution in [-0.4, -0.2) is 54.5 Å². The minimum absolute atomic E-state index is 0.116. The van der Waals surface area contributed by atoms with Gasteiger partial charge in [0.25, 0.3) is 5.91 Å². The Kier molecular flexibility index (Phi) is 9.83. The molecule has 1 aliphatic heterocycles. The molecule has 0 bridgehead atoms. The summed E-state index contributed by atoms with van der Waals surface area (Å²) in [6.07, 6.45) is 1.41. The van der Waals surface area contributed by atoms with Gasteiger partial charge < -0.3 is 21.1 Å². The van der Waals surface area contributed by atoms with Gasteiger partial charge in [-0.25, -0.2) is 9.79 Å². The summed E-state index contributed by atoms with van der Waals surface area (Å²) in [6, 6.07) is 22.5. The van der Waals surface area contributed by atoms with E-state index in [9.17, 15) is 14.4 Å². The average molecular weight is 572 g/mol. The number of ether oxygens (including phenoxy) is 1. The van der Waals surface area contributed by atoms with E-state index in [1.807, 2.05) is 79.7 Å². The second-order valence-electron chi connectivity index (χ2n) is 11.4. The highest BCUT2D eigenvalue weighted by molar-refractivity contribution is 6.07. The number of nitrogens with two attached hydrogens (primary N) is 1. The second-order valence-corrected chi connectivity index (χ2v) is 11.4. The molecule has 1 heterocycles. The lowest BCUT2D eigenvalue weighted by molar-refractivity contribution is -0.132. The molecule has 0 spiro atoms. The summed E-state index contributed by atoms with van der Waals surface area (Å²) in [5.41, 5.74) is 7.04. The van der Waals surface area contributed by atoms with Gasteiger partial charge in [-0.1, -0.05) is 86.6 Å². The lowest BCUT2D eigenvalue weighted by Gasteiger charge is -2.28. The summed E-state index contributed by atoms with van der Waals surface area (Å²) in [5, 5.41) is 7.83. The minimum atomic E-state index is -1.02.